The number of aryl methyl sites for hydroxylation is 1. The third-order valence-electron chi connectivity index (χ3n) is 8.81. The normalized spacial score (nSPS) is 23.4. The highest BCUT2D eigenvalue weighted by molar-refractivity contribution is 7.91. The number of sulfone groups is 1. The number of carboxylic acid groups (broad SMARTS) is 1. The molecule has 42 heavy (non-hydrogen) atoms. The van der Waals surface area contributed by atoms with E-state index in [9.17, 15) is 23.6 Å². The van der Waals surface area contributed by atoms with E-state index in [4.69, 9.17) is 9.72 Å². The van der Waals surface area contributed by atoms with E-state index in [-0.39, 0.29) is 35.9 Å². The summed E-state index contributed by atoms with van der Waals surface area (Å²) < 4.78 is 29.8. The third-order valence-corrected chi connectivity index (χ3v) is 11.3. The fourth-order valence-electron chi connectivity index (χ4n) is 6.56. The Hall–Kier alpha value is -3.46. The number of carbonyl (C=O) groups is 1. The number of hydrogen-bond acceptors (Lipinski definition) is 9. The number of piperidine rings is 1. The van der Waals surface area contributed by atoms with E-state index in [0.717, 1.165) is 59.0 Å². The molecule has 6 rings (SSSR count). The maximum Gasteiger partial charge on any atom is 0.307 e. The fraction of sp³-hybridized carbons (Fsp3) is 0.452. The molecule has 220 valence electrons. The van der Waals surface area contributed by atoms with Crippen molar-refractivity contribution >= 4 is 32.3 Å². The molecule has 2 aliphatic heterocycles. The van der Waals surface area contributed by atoms with Crippen LogP contribution in [-0.2, 0) is 27.8 Å². The highest BCUT2D eigenvalue weighted by Crippen LogP contribution is 2.44. The number of aliphatic carboxylic acids is 1. The molecule has 1 N–H and O–H groups in total. The van der Waals surface area contributed by atoms with E-state index >= 15 is 0 Å². The van der Waals surface area contributed by atoms with Gasteiger partial charge in [0.25, 0.3) is 0 Å². The summed E-state index contributed by atoms with van der Waals surface area (Å²) in [6, 6.07) is 14.0. The van der Waals surface area contributed by atoms with E-state index < -0.39 is 15.8 Å². The molecule has 3 aliphatic rings. The maximum atomic E-state index is 11.8. The lowest BCUT2D eigenvalue weighted by Gasteiger charge is -2.35. The van der Waals surface area contributed by atoms with Gasteiger partial charge in [-0.25, -0.2) is 13.4 Å². The zero-order valence-corrected chi connectivity index (χ0v) is 25.2. The first kappa shape index (κ1) is 28.6. The first-order valence-electron chi connectivity index (χ1n) is 14.3. The van der Waals surface area contributed by atoms with Gasteiger partial charge in [0.2, 0.25) is 0 Å². The molecule has 1 aromatic heterocycles. The van der Waals surface area contributed by atoms with Crippen LogP contribution in [0.25, 0.3) is 11.3 Å². The predicted octanol–water partition coefficient (Wildman–Crippen LogP) is 4.35. The fourth-order valence-corrected chi connectivity index (χ4v) is 8.68. The molecule has 1 aliphatic carbocycles. The SMILES string of the molecule is Cc1ccc(OCc2ccc(CN3CCS(=O)(=O)CC3)cc2C#N)c(-c2csc(N3CC4CCC(C3)C4C(=O)O)n2)c1. The van der Waals surface area contributed by atoms with E-state index in [0.29, 0.717) is 30.9 Å². The van der Waals surface area contributed by atoms with Crippen molar-refractivity contribution in [2.24, 2.45) is 17.8 Å². The van der Waals surface area contributed by atoms with Crippen molar-refractivity contribution in [3.05, 3.63) is 64.0 Å². The van der Waals surface area contributed by atoms with Crippen LogP contribution in [-0.4, -0.2) is 67.1 Å². The minimum Gasteiger partial charge on any atom is -0.488 e. The number of ether oxygens (including phenoxy) is 1. The predicted molar refractivity (Wildman–Crippen MR) is 161 cm³/mol. The first-order valence-corrected chi connectivity index (χ1v) is 17.0. The summed E-state index contributed by atoms with van der Waals surface area (Å²) in [5, 5.41) is 22.5. The molecule has 11 heteroatoms. The monoisotopic (exact) mass is 606 g/mol. The maximum absolute atomic E-state index is 11.8. The van der Waals surface area contributed by atoms with Gasteiger partial charge in [0.05, 0.1) is 34.8 Å². The minimum absolute atomic E-state index is 0.170. The van der Waals surface area contributed by atoms with E-state index in [2.05, 4.69) is 21.9 Å². The molecule has 2 aromatic carbocycles. The zero-order valence-electron chi connectivity index (χ0n) is 23.5. The van der Waals surface area contributed by atoms with Crippen molar-refractivity contribution in [2.45, 2.75) is 32.9 Å². The van der Waals surface area contributed by atoms with Crippen LogP contribution in [0.5, 0.6) is 5.75 Å². The lowest BCUT2D eigenvalue weighted by atomic mass is 9.85. The van der Waals surface area contributed by atoms with Gasteiger partial charge in [-0.05, 0) is 55.4 Å². The topological polar surface area (TPSA) is 124 Å². The number of rotatable bonds is 8. The average molecular weight is 607 g/mol. The van der Waals surface area contributed by atoms with Crippen LogP contribution in [0.4, 0.5) is 5.13 Å². The molecule has 3 aromatic rings. The van der Waals surface area contributed by atoms with Crippen LogP contribution in [0.15, 0.2) is 41.8 Å². The smallest absolute Gasteiger partial charge is 0.307 e. The average Bonchev–Trinajstić information content (AvgIpc) is 3.56. The summed E-state index contributed by atoms with van der Waals surface area (Å²) in [4.78, 5) is 21.1. The molecule has 2 bridgehead atoms. The Bertz CT molecular complexity index is 1620. The van der Waals surface area contributed by atoms with Gasteiger partial charge in [0.1, 0.15) is 12.4 Å². The summed E-state index contributed by atoms with van der Waals surface area (Å²) >= 11 is 1.57. The van der Waals surface area contributed by atoms with Gasteiger partial charge in [-0.15, -0.1) is 11.3 Å². The summed E-state index contributed by atoms with van der Waals surface area (Å²) in [6.07, 6.45) is 1.92. The number of nitriles is 1. The van der Waals surface area contributed by atoms with Gasteiger partial charge < -0.3 is 14.7 Å². The van der Waals surface area contributed by atoms with Gasteiger partial charge in [-0.2, -0.15) is 5.26 Å². The second-order valence-corrected chi connectivity index (χ2v) is 14.8. The lowest BCUT2D eigenvalue weighted by Crippen LogP contribution is -2.44. The Morgan fingerprint density at radius 3 is 2.57 bits per heavy atom. The Kier molecular flexibility index (Phi) is 7.96. The van der Waals surface area contributed by atoms with Crippen molar-refractivity contribution in [1.82, 2.24) is 9.88 Å². The molecule has 3 heterocycles. The van der Waals surface area contributed by atoms with Crippen LogP contribution in [0.1, 0.15) is 35.1 Å². The molecule has 0 amide bonds. The molecule has 0 radical (unpaired) electrons. The molecular formula is C31H34N4O5S2. The van der Waals surface area contributed by atoms with Crippen LogP contribution in [0, 0.1) is 36.0 Å². The van der Waals surface area contributed by atoms with E-state index in [1.165, 1.54) is 0 Å². The Balaban J connectivity index is 1.15. The number of thiazole rings is 1. The van der Waals surface area contributed by atoms with Crippen LogP contribution in [0.2, 0.25) is 0 Å². The van der Waals surface area contributed by atoms with Gasteiger partial charge in [-0.1, -0.05) is 23.8 Å². The molecule has 2 unspecified atom stereocenters. The van der Waals surface area contributed by atoms with Crippen molar-refractivity contribution in [3.8, 4) is 23.1 Å². The summed E-state index contributed by atoms with van der Waals surface area (Å²) in [5.41, 5.74) is 5.09. The number of aromatic nitrogens is 1. The largest absolute Gasteiger partial charge is 0.488 e. The Morgan fingerprint density at radius 2 is 1.88 bits per heavy atom. The van der Waals surface area contributed by atoms with Crippen molar-refractivity contribution in [1.29, 1.82) is 5.26 Å². The highest BCUT2D eigenvalue weighted by Gasteiger charge is 2.46. The molecule has 0 spiro atoms. The van der Waals surface area contributed by atoms with Crippen molar-refractivity contribution < 1.29 is 23.1 Å². The number of anilines is 1. The second-order valence-electron chi connectivity index (χ2n) is 11.7. The molecule has 2 saturated heterocycles. The summed E-state index contributed by atoms with van der Waals surface area (Å²) in [6.45, 7) is 5.32. The van der Waals surface area contributed by atoms with Gasteiger partial charge in [-0.3, -0.25) is 9.69 Å². The van der Waals surface area contributed by atoms with Crippen molar-refractivity contribution in [2.75, 3.05) is 42.6 Å². The Labute approximate surface area is 250 Å². The standard InChI is InChI=1S/C31H34N4O5S2/c1-20-2-7-28(40-18-24-4-3-21(13-25(24)14-32)15-34-8-10-42(38,39)11-9-34)26(12-20)27-19-41-31(33-27)35-16-22-5-6-23(17-35)29(22)30(36)37/h2-4,7,12-13,19,22-23,29H,5-6,8-11,15-18H2,1H3,(H,36,37). The molecule has 3 fully saturated rings. The zero-order chi connectivity index (χ0) is 29.4. The van der Waals surface area contributed by atoms with Gasteiger partial charge >= 0.3 is 5.97 Å². The van der Waals surface area contributed by atoms with E-state index in [1.807, 2.05) is 42.6 Å². The van der Waals surface area contributed by atoms with Crippen molar-refractivity contribution in [3.63, 3.8) is 0 Å². The Morgan fingerprint density at radius 1 is 1.14 bits per heavy atom. The molecule has 9 nitrogen and oxygen atoms in total. The number of carboxylic acids is 1. The number of benzene rings is 2. The number of fused-ring (bicyclic) bond motifs is 2. The molecule has 1 saturated carbocycles. The number of hydrogen-bond donors (Lipinski definition) is 1. The second kappa shape index (κ2) is 11.7. The van der Waals surface area contributed by atoms with Gasteiger partial charge in [0.15, 0.2) is 15.0 Å². The molecule has 2 atom stereocenters. The highest BCUT2D eigenvalue weighted by atomic mass is 32.2. The summed E-state index contributed by atoms with van der Waals surface area (Å²) in [7, 11) is -2.94. The quantitative estimate of drug-likeness (QED) is 0.399. The lowest BCUT2D eigenvalue weighted by molar-refractivity contribution is -0.144. The number of nitrogens with zero attached hydrogens (tertiary/aromatic N) is 4. The first-order chi connectivity index (χ1) is 20.2. The summed E-state index contributed by atoms with van der Waals surface area (Å²) in [5.74, 6) is 0.461. The minimum atomic E-state index is -2.94. The van der Waals surface area contributed by atoms with E-state index in [1.54, 1.807) is 11.3 Å². The van der Waals surface area contributed by atoms with Crippen LogP contribution < -0.4 is 9.64 Å². The van der Waals surface area contributed by atoms with Gasteiger partial charge in [0, 0.05) is 49.2 Å². The van der Waals surface area contributed by atoms with Crippen LogP contribution in [0.3, 0.4) is 0 Å². The molecular weight excluding hydrogens is 572 g/mol. The van der Waals surface area contributed by atoms with Crippen LogP contribution >= 0.6 is 11.3 Å². The third kappa shape index (κ3) is 6.02.